The molecule has 1 aromatic carbocycles. The third kappa shape index (κ3) is 4.51. The van der Waals surface area contributed by atoms with Gasteiger partial charge in [0.2, 0.25) is 0 Å². The van der Waals surface area contributed by atoms with Crippen molar-refractivity contribution in [2.75, 3.05) is 26.2 Å². The van der Waals surface area contributed by atoms with E-state index in [0.29, 0.717) is 12.6 Å². The molecular formula is C19H26FN3O2. The number of hydrogen-bond acceptors (Lipinski definition) is 3. The van der Waals surface area contributed by atoms with E-state index in [1.54, 1.807) is 12.1 Å². The van der Waals surface area contributed by atoms with E-state index in [9.17, 15) is 9.18 Å². The maximum absolute atomic E-state index is 14.0. The standard InChI is InChI=1S/C19H26FN3O2/c1-14(2)25-18-6-5-15(11-17(18)20)12-21-19(24)23-10-7-16(13-23)22-8-3-4-9-22/h3-6,11,14,16H,7-10,12-13H2,1-2H3,(H,21,24)/t16-/m0/s1. The number of likely N-dealkylation sites (tertiary alicyclic amines) is 1. The smallest absolute Gasteiger partial charge is 0.317 e. The van der Waals surface area contributed by atoms with Gasteiger partial charge in [0.05, 0.1) is 6.10 Å². The molecule has 136 valence electrons. The molecule has 2 aliphatic heterocycles. The second-order valence-corrected chi connectivity index (χ2v) is 6.90. The van der Waals surface area contributed by atoms with Crippen molar-refractivity contribution in [3.8, 4) is 5.75 Å². The van der Waals surface area contributed by atoms with Crippen LogP contribution in [0.1, 0.15) is 25.8 Å². The second kappa shape index (κ2) is 7.87. The van der Waals surface area contributed by atoms with Crippen LogP contribution >= 0.6 is 0 Å². The van der Waals surface area contributed by atoms with Crippen molar-refractivity contribution in [2.24, 2.45) is 0 Å². The molecule has 1 N–H and O–H groups in total. The third-order valence-electron chi connectivity index (χ3n) is 4.62. The quantitative estimate of drug-likeness (QED) is 0.833. The average Bonchev–Trinajstić information content (AvgIpc) is 3.25. The summed E-state index contributed by atoms with van der Waals surface area (Å²) < 4.78 is 19.4. The van der Waals surface area contributed by atoms with Gasteiger partial charge < -0.3 is 15.0 Å². The van der Waals surface area contributed by atoms with Gasteiger partial charge in [0.15, 0.2) is 11.6 Å². The van der Waals surface area contributed by atoms with Gasteiger partial charge in [-0.05, 0) is 38.0 Å². The number of carbonyl (C=O) groups excluding carboxylic acids is 1. The van der Waals surface area contributed by atoms with Crippen molar-refractivity contribution >= 4 is 6.03 Å². The lowest BCUT2D eigenvalue weighted by Crippen LogP contribution is -2.41. The van der Waals surface area contributed by atoms with Crippen molar-refractivity contribution in [3.05, 3.63) is 41.7 Å². The lowest BCUT2D eigenvalue weighted by atomic mass is 10.2. The maximum Gasteiger partial charge on any atom is 0.317 e. The largest absolute Gasteiger partial charge is 0.488 e. The Kier molecular flexibility index (Phi) is 5.58. The molecule has 2 heterocycles. The highest BCUT2D eigenvalue weighted by Gasteiger charge is 2.30. The number of nitrogens with one attached hydrogen (secondary N) is 1. The molecule has 2 aliphatic rings. The van der Waals surface area contributed by atoms with Crippen LogP contribution in [0.3, 0.4) is 0 Å². The van der Waals surface area contributed by atoms with Crippen molar-refractivity contribution in [1.29, 1.82) is 0 Å². The Hall–Kier alpha value is -2.08. The molecule has 1 atom stereocenters. The van der Waals surface area contributed by atoms with E-state index in [4.69, 9.17) is 4.74 Å². The minimum absolute atomic E-state index is 0.0750. The highest BCUT2D eigenvalue weighted by atomic mass is 19.1. The zero-order valence-electron chi connectivity index (χ0n) is 14.9. The molecule has 0 aliphatic carbocycles. The fourth-order valence-corrected chi connectivity index (χ4v) is 3.31. The summed E-state index contributed by atoms with van der Waals surface area (Å²) in [6.07, 6.45) is 5.27. The Bertz CT molecular complexity index is 640. The van der Waals surface area contributed by atoms with Crippen LogP contribution in [0.2, 0.25) is 0 Å². The first kappa shape index (κ1) is 17.7. The van der Waals surface area contributed by atoms with Crippen LogP contribution in [0.25, 0.3) is 0 Å². The summed E-state index contributed by atoms with van der Waals surface area (Å²) in [6.45, 7) is 7.49. The first-order valence-electron chi connectivity index (χ1n) is 8.90. The molecule has 6 heteroatoms. The van der Waals surface area contributed by atoms with E-state index < -0.39 is 5.82 Å². The van der Waals surface area contributed by atoms with Crippen LogP contribution < -0.4 is 10.1 Å². The fourth-order valence-electron chi connectivity index (χ4n) is 3.31. The van der Waals surface area contributed by atoms with E-state index in [2.05, 4.69) is 22.4 Å². The highest BCUT2D eigenvalue weighted by molar-refractivity contribution is 5.74. The van der Waals surface area contributed by atoms with E-state index in [1.807, 2.05) is 18.7 Å². The number of benzene rings is 1. The van der Waals surface area contributed by atoms with Crippen LogP contribution in [0.5, 0.6) is 5.75 Å². The molecule has 5 nitrogen and oxygen atoms in total. The molecule has 0 bridgehead atoms. The lowest BCUT2D eigenvalue weighted by Gasteiger charge is -2.23. The van der Waals surface area contributed by atoms with Gasteiger partial charge in [0.1, 0.15) is 0 Å². The average molecular weight is 347 g/mol. The zero-order valence-corrected chi connectivity index (χ0v) is 14.9. The van der Waals surface area contributed by atoms with Gasteiger partial charge in [0, 0.05) is 38.8 Å². The van der Waals surface area contributed by atoms with E-state index >= 15 is 0 Å². The Labute approximate surface area is 148 Å². The molecule has 0 spiro atoms. The number of nitrogens with zero attached hydrogens (tertiary/aromatic N) is 2. The summed E-state index contributed by atoms with van der Waals surface area (Å²) in [5, 5.41) is 2.88. The Morgan fingerprint density at radius 1 is 1.36 bits per heavy atom. The third-order valence-corrected chi connectivity index (χ3v) is 4.62. The number of amides is 2. The van der Waals surface area contributed by atoms with Gasteiger partial charge in [-0.1, -0.05) is 18.2 Å². The predicted molar refractivity (Wildman–Crippen MR) is 95.1 cm³/mol. The predicted octanol–water partition coefficient (Wildman–Crippen LogP) is 2.77. The van der Waals surface area contributed by atoms with Crippen molar-refractivity contribution in [3.63, 3.8) is 0 Å². The summed E-state index contributed by atoms with van der Waals surface area (Å²) in [6, 6.07) is 5.16. The molecule has 0 radical (unpaired) electrons. The van der Waals surface area contributed by atoms with E-state index in [0.717, 1.165) is 38.2 Å². The summed E-state index contributed by atoms with van der Waals surface area (Å²) in [4.78, 5) is 16.6. The van der Waals surface area contributed by atoms with Crippen LogP contribution in [0.4, 0.5) is 9.18 Å². The molecule has 1 aromatic rings. The normalized spacial score (nSPS) is 20.5. The van der Waals surface area contributed by atoms with Crippen molar-refractivity contribution in [2.45, 2.75) is 39.0 Å². The molecular weight excluding hydrogens is 321 g/mol. The van der Waals surface area contributed by atoms with Crippen LogP contribution in [-0.4, -0.2) is 54.2 Å². The van der Waals surface area contributed by atoms with Crippen molar-refractivity contribution in [1.82, 2.24) is 15.1 Å². The van der Waals surface area contributed by atoms with E-state index in [1.165, 1.54) is 6.07 Å². The number of rotatable bonds is 5. The Morgan fingerprint density at radius 3 is 2.80 bits per heavy atom. The SMILES string of the molecule is CC(C)Oc1ccc(CNC(=O)N2CC[C@H](N3CC=CC3)C2)cc1F. The van der Waals surface area contributed by atoms with Crippen LogP contribution in [-0.2, 0) is 6.54 Å². The fraction of sp³-hybridized carbons (Fsp3) is 0.526. The minimum Gasteiger partial charge on any atom is -0.488 e. The topological polar surface area (TPSA) is 44.8 Å². The van der Waals surface area contributed by atoms with Gasteiger partial charge in [-0.3, -0.25) is 4.90 Å². The highest BCUT2D eigenvalue weighted by Crippen LogP contribution is 2.20. The molecule has 0 unspecified atom stereocenters. The molecule has 25 heavy (non-hydrogen) atoms. The molecule has 3 rings (SSSR count). The van der Waals surface area contributed by atoms with Crippen molar-refractivity contribution < 1.29 is 13.9 Å². The Morgan fingerprint density at radius 2 is 2.12 bits per heavy atom. The zero-order chi connectivity index (χ0) is 17.8. The number of hydrogen-bond donors (Lipinski definition) is 1. The molecule has 2 amide bonds. The van der Waals surface area contributed by atoms with E-state index in [-0.39, 0.29) is 17.9 Å². The lowest BCUT2D eigenvalue weighted by molar-refractivity contribution is 0.199. The van der Waals surface area contributed by atoms with Gasteiger partial charge >= 0.3 is 6.03 Å². The second-order valence-electron chi connectivity index (χ2n) is 6.90. The summed E-state index contributed by atoms with van der Waals surface area (Å²) in [5.41, 5.74) is 0.724. The molecule has 1 saturated heterocycles. The first-order valence-corrected chi connectivity index (χ1v) is 8.90. The van der Waals surface area contributed by atoms with Gasteiger partial charge in [-0.15, -0.1) is 0 Å². The number of carbonyl (C=O) groups is 1. The minimum atomic E-state index is -0.400. The summed E-state index contributed by atoms with van der Waals surface area (Å²) in [7, 11) is 0. The van der Waals surface area contributed by atoms with Gasteiger partial charge in [-0.25, -0.2) is 9.18 Å². The summed E-state index contributed by atoms with van der Waals surface area (Å²) >= 11 is 0. The Balaban J connectivity index is 1.48. The number of halogens is 1. The van der Waals surface area contributed by atoms with Gasteiger partial charge in [0.25, 0.3) is 0 Å². The van der Waals surface area contributed by atoms with Crippen LogP contribution in [0, 0.1) is 5.82 Å². The molecule has 0 aromatic heterocycles. The summed E-state index contributed by atoms with van der Waals surface area (Å²) in [5.74, 6) is -0.157. The monoisotopic (exact) mass is 347 g/mol. The number of urea groups is 1. The first-order chi connectivity index (χ1) is 12.0. The van der Waals surface area contributed by atoms with Crippen LogP contribution in [0.15, 0.2) is 30.4 Å². The van der Waals surface area contributed by atoms with Gasteiger partial charge in [-0.2, -0.15) is 0 Å². The maximum atomic E-state index is 14.0. The number of ether oxygens (including phenoxy) is 1. The molecule has 0 saturated carbocycles. The molecule has 1 fully saturated rings.